The van der Waals surface area contributed by atoms with Crippen LogP contribution in [0, 0.1) is 19.8 Å². The van der Waals surface area contributed by atoms with E-state index >= 15 is 0 Å². The Morgan fingerprint density at radius 1 is 1.10 bits per heavy atom. The van der Waals surface area contributed by atoms with Crippen molar-refractivity contribution in [3.8, 4) is 11.4 Å². The van der Waals surface area contributed by atoms with Gasteiger partial charge in [-0.1, -0.05) is 59.3 Å². The maximum Gasteiger partial charge on any atom is 0.246 e. The molecule has 2 aromatic carbocycles. The Hall–Kier alpha value is -2.99. The van der Waals surface area contributed by atoms with Gasteiger partial charge in [-0.2, -0.15) is 4.98 Å². The summed E-state index contributed by atoms with van der Waals surface area (Å²) >= 11 is 0. The second-order valence-corrected chi connectivity index (χ2v) is 8.08. The highest BCUT2D eigenvalue weighted by molar-refractivity contribution is 5.78. The first-order valence-electron chi connectivity index (χ1n) is 10.5. The van der Waals surface area contributed by atoms with E-state index in [1.807, 2.05) is 31.2 Å². The molecule has 0 unspecified atom stereocenters. The van der Waals surface area contributed by atoms with Crippen LogP contribution in [0.2, 0.25) is 0 Å². The van der Waals surface area contributed by atoms with Gasteiger partial charge in [-0.05, 0) is 50.9 Å². The van der Waals surface area contributed by atoms with E-state index in [9.17, 15) is 4.79 Å². The van der Waals surface area contributed by atoms with Crippen LogP contribution in [0.4, 0.5) is 0 Å². The molecule has 4 rings (SSSR count). The summed E-state index contributed by atoms with van der Waals surface area (Å²) in [6.45, 7) is 7.19. The molecule has 30 heavy (non-hydrogen) atoms. The minimum atomic E-state index is 0.0398. The lowest BCUT2D eigenvalue weighted by atomic mass is 9.95. The van der Waals surface area contributed by atoms with E-state index in [0.29, 0.717) is 11.7 Å². The third kappa shape index (κ3) is 4.94. The molecule has 1 aliphatic rings. The number of rotatable bonds is 6. The Morgan fingerprint density at radius 2 is 1.83 bits per heavy atom. The van der Waals surface area contributed by atoms with E-state index in [1.165, 1.54) is 11.1 Å². The SMILES string of the molecule is Cc1ccc(CN2CCC(C(=O)NCc3nc(-c4ccccc4C)no3)CC2)cc1. The Balaban J connectivity index is 1.24. The molecule has 1 amide bonds. The number of carbonyl (C=O) groups is 1. The number of amides is 1. The molecule has 0 saturated carbocycles. The van der Waals surface area contributed by atoms with Gasteiger partial charge in [-0.25, -0.2) is 0 Å². The van der Waals surface area contributed by atoms with Crippen LogP contribution in [0.3, 0.4) is 0 Å². The summed E-state index contributed by atoms with van der Waals surface area (Å²) in [4.78, 5) is 19.4. The Bertz CT molecular complexity index is 988. The molecule has 1 aliphatic heterocycles. The van der Waals surface area contributed by atoms with Crippen LogP contribution in [-0.4, -0.2) is 34.0 Å². The highest BCUT2D eigenvalue weighted by Crippen LogP contribution is 2.21. The van der Waals surface area contributed by atoms with Crippen molar-refractivity contribution in [3.05, 3.63) is 71.1 Å². The number of hydrogen-bond acceptors (Lipinski definition) is 5. The largest absolute Gasteiger partial charge is 0.347 e. The van der Waals surface area contributed by atoms with Crippen LogP contribution >= 0.6 is 0 Å². The third-order valence-electron chi connectivity index (χ3n) is 5.75. The molecule has 6 heteroatoms. The van der Waals surface area contributed by atoms with Gasteiger partial charge in [-0.3, -0.25) is 9.69 Å². The molecule has 2 heterocycles. The molecule has 1 N–H and O–H groups in total. The number of likely N-dealkylation sites (tertiary alicyclic amines) is 1. The smallest absolute Gasteiger partial charge is 0.246 e. The summed E-state index contributed by atoms with van der Waals surface area (Å²) in [5.41, 5.74) is 4.64. The average molecular weight is 405 g/mol. The molecule has 1 fully saturated rings. The maximum atomic E-state index is 12.6. The lowest BCUT2D eigenvalue weighted by Gasteiger charge is -2.31. The lowest BCUT2D eigenvalue weighted by molar-refractivity contribution is -0.126. The molecule has 0 bridgehead atoms. The van der Waals surface area contributed by atoms with Crippen molar-refractivity contribution < 1.29 is 9.32 Å². The van der Waals surface area contributed by atoms with Gasteiger partial charge in [0.05, 0.1) is 6.54 Å². The minimum Gasteiger partial charge on any atom is -0.347 e. The van der Waals surface area contributed by atoms with Crippen LogP contribution in [0.15, 0.2) is 53.1 Å². The summed E-state index contributed by atoms with van der Waals surface area (Å²) in [6, 6.07) is 16.6. The zero-order chi connectivity index (χ0) is 20.9. The van der Waals surface area contributed by atoms with Crippen molar-refractivity contribution in [1.82, 2.24) is 20.4 Å². The normalized spacial score (nSPS) is 15.3. The van der Waals surface area contributed by atoms with Crippen molar-refractivity contribution >= 4 is 5.91 Å². The number of nitrogens with one attached hydrogen (secondary N) is 1. The minimum absolute atomic E-state index is 0.0398. The fraction of sp³-hybridized carbons (Fsp3) is 0.375. The number of hydrogen-bond donors (Lipinski definition) is 1. The van der Waals surface area contributed by atoms with E-state index in [2.05, 4.69) is 51.5 Å². The molecule has 3 aromatic rings. The van der Waals surface area contributed by atoms with E-state index in [1.54, 1.807) is 0 Å². The lowest BCUT2D eigenvalue weighted by Crippen LogP contribution is -2.40. The highest BCUT2D eigenvalue weighted by atomic mass is 16.5. The first kappa shape index (κ1) is 20.3. The summed E-state index contributed by atoms with van der Waals surface area (Å²) in [5.74, 6) is 1.10. The van der Waals surface area contributed by atoms with Crippen molar-refractivity contribution in [2.45, 2.75) is 39.8 Å². The van der Waals surface area contributed by atoms with Crippen LogP contribution in [0.5, 0.6) is 0 Å². The second kappa shape index (κ2) is 9.22. The van der Waals surface area contributed by atoms with Gasteiger partial charge in [0, 0.05) is 18.0 Å². The molecular weight excluding hydrogens is 376 g/mol. The standard InChI is InChI=1S/C24H28N4O2/c1-17-7-9-19(10-8-17)16-28-13-11-20(12-14-28)24(29)25-15-22-26-23(27-30-22)21-6-4-3-5-18(21)2/h3-10,20H,11-16H2,1-2H3,(H,25,29). The Labute approximate surface area is 177 Å². The summed E-state index contributed by atoms with van der Waals surface area (Å²) in [7, 11) is 0. The number of nitrogens with zero attached hydrogens (tertiary/aromatic N) is 3. The Morgan fingerprint density at radius 3 is 2.57 bits per heavy atom. The zero-order valence-electron chi connectivity index (χ0n) is 17.6. The fourth-order valence-corrected chi connectivity index (χ4v) is 3.87. The van der Waals surface area contributed by atoms with Crippen molar-refractivity contribution in [1.29, 1.82) is 0 Å². The van der Waals surface area contributed by atoms with Crippen LogP contribution in [-0.2, 0) is 17.9 Å². The number of aromatic nitrogens is 2. The van der Waals surface area contributed by atoms with Gasteiger partial charge in [0.2, 0.25) is 17.6 Å². The molecular formula is C24H28N4O2. The third-order valence-corrected chi connectivity index (χ3v) is 5.75. The molecule has 156 valence electrons. The number of aryl methyl sites for hydroxylation is 2. The molecule has 1 saturated heterocycles. The molecule has 0 aliphatic carbocycles. The zero-order valence-corrected chi connectivity index (χ0v) is 17.6. The van der Waals surface area contributed by atoms with Gasteiger partial charge in [-0.15, -0.1) is 0 Å². The van der Waals surface area contributed by atoms with Gasteiger partial charge < -0.3 is 9.84 Å². The molecule has 1 aromatic heterocycles. The van der Waals surface area contributed by atoms with E-state index in [4.69, 9.17) is 4.52 Å². The quantitative estimate of drug-likeness (QED) is 0.675. The van der Waals surface area contributed by atoms with Crippen molar-refractivity contribution in [2.24, 2.45) is 5.92 Å². The molecule has 6 nitrogen and oxygen atoms in total. The molecule has 0 radical (unpaired) electrons. The van der Waals surface area contributed by atoms with Crippen LogP contribution in [0.1, 0.15) is 35.4 Å². The summed E-state index contributed by atoms with van der Waals surface area (Å²) < 4.78 is 5.32. The number of piperidine rings is 1. The summed E-state index contributed by atoms with van der Waals surface area (Å²) in [5, 5.41) is 7.01. The molecule has 0 spiro atoms. The van der Waals surface area contributed by atoms with Gasteiger partial charge in [0.15, 0.2) is 0 Å². The van der Waals surface area contributed by atoms with E-state index in [-0.39, 0.29) is 18.4 Å². The molecule has 0 atom stereocenters. The van der Waals surface area contributed by atoms with Crippen molar-refractivity contribution in [2.75, 3.05) is 13.1 Å². The predicted molar refractivity (Wildman–Crippen MR) is 115 cm³/mol. The average Bonchev–Trinajstić information content (AvgIpc) is 3.23. The van der Waals surface area contributed by atoms with Crippen LogP contribution < -0.4 is 5.32 Å². The Kier molecular flexibility index (Phi) is 6.23. The first-order valence-corrected chi connectivity index (χ1v) is 10.5. The van der Waals surface area contributed by atoms with Gasteiger partial charge in [0.25, 0.3) is 0 Å². The highest BCUT2D eigenvalue weighted by Gasteiger charge is 2.25. The number of benzene rings is 2. The second-order valence-electron chi connectivity index (χ2n) is 8.08. The van der Waals surface area contributed by atoms with E-state index < -0.39 is 0 Å². The monoisotopic (exact) mass is 404 g/mol. The van der Waals surface area contributed by atoms with Crippen molar-refractivity contribution in [3.63, 3.8) is 0 Å². The fourth-order valence-electron chi connectivity index (χ4n) is 3.87. The van der Waals surface area contributed by atoms with Crippen LogP contribution in [0.25, 0.3) is 11.4 Å². The maximum absolute atomic E-state index is 12.6. The van der Waals surface area contributed by atoms with Gasteiger partial charge in [0.1, 0.15) is 0 Å². The van der Waals surface area contributed by atoms with Gasteiger partial charge >= 0.3 is 0 Å². The topological polar surface area (TPSA) is 71.3 Å². The number of carbonyl (C=O) groups excluding carboxylic acids is 1. The first-order chi connectivity index (χ1) is 14.6. The summed E-state index contributed by atoms with van der Waals surface area (Å²) in [6.07, 6.45) is 1.74. The van der Waals surface area contributed by atoms with E-state index in [0.717, 1.165) is 43.6 Å². The predicted octanol–water partition coefficient (Wildman–Crippen LogP) is 3.88.